The highest BCUT2D eigenvalue weighted by molar-refractivity contribution is 5.68. The van der Waals surface area contributed by atoms with Crippen LogP contribution < -0.4 is 4.90 Å². The van der Waals surface area contributed by atoms with Crippen molar-refractivity contribution in [1.82, 2.24) is 0 Å². The van der Waals surface area contributed by atoms with E-state index in [4.69, 9.17) is 5.11 Å². The van der Waals surface area contributed by atoms with E-state index < -0.39 is 5.97 Å². The Morgan fingerprint density at radius 3 is 2.68 bits per heavy atom. The number of hydrogen-bond donors (Lipinski definition) is 1. The second-order valence-corrected chi connectivity index (χ2v) is 5.60. The smallest absolute Gasteiger partial charge is 0.305 e. The first-order chi connectivity index (χ1) is 9.09. The Kier molecular flexibility index (Phi) is 4.46. The Labute approximate surface area is 115 Å². The van der Waals surface area contributed by atoms with E-state index in [1.54, 1.807) is 0 Å². The summed E-state index contributed by atoms with van der Waals surface area (Å²) in [6.45, 7) is 4.99. The van der Waals surface area contributed by atoms with Gasteiger partial charge in [0.05, 0.1) is 6.42 Å². The fourth-order valence-electron chi connectivity index (χ4n) is 3.16. The third kappa shape index (κ3) is 3.28. The van der Waals surface area contributed by atoms with E-state index in [0.717, 1.165) is 0 Å². The van der Waals surface area contributed by atoms with Crippen LogP contribution >= 0.6 is 0 Å². The van der Waals surface area contributed by atoms with Crippen LogP contribution in [0.4, 0.5) is 5.69 Å². The molecule has 0 amide bonds. The number of carbonyl (C=O) groups is 1. The van der Waals surface area contributed by atoms with Gasteiger partial charge in [0.15, 0.2) is 0 Å². The molecule has 104 valence electrons. The van der Waals surface area contributed by atoms with Gasteiger partial charge in [-0.25, -0.2) is 0 Å². The standard InChI is InChI=1S/C16H23NO2/c1-12-6-3-4-8-14(12)17(11-10-16(18)19)15-9-5-7-13(15)2/h3-4,6,8,13,15H,5,7,9-11H2,1-2H3,(H,18,19). The molecule has 1 aliphatic carbocycles. The highest BCUT2D eigenvalue weighted by Gasteiger charge is 2.29. The summed E-state index contributed by atoms with van der Waals surface area (Å²) < 4.78 is 0. The van der Waals surface area contributed by atoms with Gasteiger partial charge in [0.25, 0.3) is 0 Å². The highest BCUT2D eigenvalue weighted by Crippen LogP contribution is 2.34. The first-order valence-corrected chi connectivity index (χ1v) is 7.13. The SMILES string of the molecule is Cc1ccccc1N(CCC(=O)O)C1CCCC1C. The van der Waals surface area contributed by atoms with Gasteiger partial charge in [-0.2, -0.15) is 0 Å². The summed E-state index contributed by atoms with van der Waals surface area (Å²) in [6, 6.07) is 8.77. The lowest BCUT2D eigenvalue weighted by Crippen LogP contribution is -2.39. The average Bonchev–Trinajstić information content (AvgIpc) is 2.78. The fraction of sp³-hybridized carbons (Fsp3) is 0.562. The molecule has 1 N–H and O–H groups in total. The topological polar surface area (TPSA) is 40.5 Å². The minimum Gasteiger partial charge on any atom is -0.481 e. The molecule has 0 bridgehead atoms. The Hall–Kier alpha value is -1.51. The molecular weight excluding hydrogens is 238 g/mol. The van der Waals surface area contributed by atoms with Gasteiger partial charge in [-0.3, -0.25) is 4.79 Å². The summed E-state index contributed by atoms with van der Waals surface area (Å²) in [4.78, 5) is 13.2. The Bertz CT molecular complexity index is 444. The van der Waals surface area contributed by atoms with Crippen LogP contribution in [0.2, 0.25) is 0 Å². The number of carboxylic acids is 1. The molecule has 2 unspecified atom stereocenters. The summed E-state index contributed by atoms with van der Waals surface area (Å²) in [6.07, 6.45) is 3.88. The molecule has 2 atom stereocenters. The maximum absolute atomic E-state index is 10.9. The predicted octanol–water partition coefficient (Wildman–Crippen LogP) is 3.46. The van der Waals surface area contributed by atoms with Gasteiger partial charge >= 0.3 is 5.97 Å². The summed E-state index contributed by atoms with van der Waals surface area (Å²) in [5, 5.41) is 8.96. The van der Waals surface area contributed by atoms with Crippen molar-refractivity contribution in [3.63, 3.8) is 0 Å². The predicted molar refractivity (Wildman–Crippen MR) is 77.6 cm³/mol. The van der Waals surface area contributed by atoms with Crippen molar-refractivity contribution >= 4 is 11.7 Å². The van der Waals surface area contributed by atoms with E-state index in [0.29, 0.717) is 18.5 Å². The number of rotatable bonds is 5. The number of benzene rings is 1. The molecule has 0 radical (unpaired) electrons. The van der Waals surface area contributed by atoms with Gasteiger partial charge in [0, 0.05) is 18.3 Å². The van der Waals surface area contributed by atoms with Crippen LogP contribution in [-0.4, -0.2) is 23.7 Å². The molecule has 19 heavy (non-hydrogen) atoms. The van der Waals surface area contributed by atoms with Crippen molar-refractivity contribution in [3.8, 4) is 0 Å². The van der Waals surface area contributed by atoms with Crippen LogP contribution in [0.3, 0.4) is 0 Å². The van der Waals surface area contributed by atoms with Gasteiger partial charge in [-0.05, 0) is 37.3 Å². The summed E-state index contributed by atoms with van der Waals surface area (Å²) in [5.41, 5.74) is 2.43. The zero-order chi connectivity index (χ0) is 13.8. The van der Waals surface area contributed by atoms with Crippen molar-refractivity contribution in [2.45, 2.75) is 45.6 Å². The molecule has 0 aromatic heterocycles. The van der Waals surface area contributed by atoms with Crippen LogP contribution in [0.15, 0.2) is 24.3 Å². The van der Waals surface area contributed by atoms with Crippen molar-refractivity contribution < 1.29 is 9.90 Å². The zero-order valence-corrected chi connectivity index (χ0v) is 11.8. The van der Waals surface area contributed by atoms with Crippen LogP contribution in [0.1, 0.15) is 38.2 Å². The molecule has 2 rings (SSSR count). The molecule has 1 fully saturated rings. The van der Waals surface area contributed by atoms with Crippen LogP contribution in [0.5, 0.6) is 0 Å². The molecule has 3 nitrogen and oxygen atoms in total. The van der Waals surface area contributed by atoms with Crippen LogP contribution in [-0.2, 0) is 4.79 Å². The van der Waals surface area contributed by atoms with Crippen LogP contribution in [0, 0.1) is 12.8 Å². The average molecular weight is 261 g/mol. The number of nitrogens with zero attached hydrogens (tertiary/aromatic N) is 1. The van der Waals surface area contributed by atoms with Crippen LogP contribution in [0.25, 0.3) is 0 Å². The van der Waals surface area contributed by atoms with Crippen molar-refractivity contribution in [3.05, 3.63) is 29.8 Å². The molecule has 1 aromatic carbocycles. The monoisotopic (exact) mass is 261 g/mol. The van der Waals surface area contributed by atoms with Crippen molar-refractivity contribution in [2.75, 3.05) is 11.4 Å². The molecule has 0 saturated heterocycles. The van der Waals surface area contributed by atoms with E-state index in [1.807, 2.05) is 12.1 Å². The minimum atomic E-state index is -0.718. The third-order valence-electron chi connectivity index (χ3n) is 4.21. The highest BCUT2D eigenvalue weighted by atomic mass is 16.4. The van der Waals surface area contributed by atoms with Gasteiger partial charge in [0.1, 0.15) is 0 Å². The lowest BCUT2D eigenvalue weighted by atomic mass is 10.0. The summed E-state index contributed by atoms with van der Waals surface area (Å²) >= 11 is 0. The lowest BCUT2D eigenvalue weighted by molar-refractivity contribution is -0.136. The van der Waals surface area contributed by atoms with E-state index in [1.165, 1.54) is 30.5 Å². The minimum absolute atomic E-state index is 0.206. The fourth-order valence-corrected chi connectivity index (χ4v) is 3.16. The Morgan fingerprint density at radius 2 is 2.11 bits per heavy atom. The van der Waals surface area contributed by atoms with E-state index in [-0.39, 0.29) is 6.42 Å². The first kappa shape index (κ1) is 13.9. The normalized spacial score (nSPS) is 22.4. The number of para-hydroxylation sites is 1. The second kappa shape index (κ2) is 6.09. The number of aliphatic carboxylic acids is 1. The molecule has 3 heteroatoms. The summed E-state index contributed by atoms with van der Waals surface area (Å²) in [7, 11) is 0. The van der Waals surface area contributed by atoms with Gasteiger partial charge in [0.2, 0.25) is 0 Å². The number of aryl methyl sites for hydroxylation is 1. The third-order valence-corrected chi connectivity index (χ3v) is 4.21. The largest absolute Gasteiger partial charge is 0.481 e. The molecule has 1 aromatic rings. The maximum atomic E-state index is 10.9. The zero-order valence-electron chi connectivity index (χ0n) is 11.8. The molecule has 0 aliphatic heterocycles. The van der Waals surface area contributed by atoms with E-state index in [9.17, 15) is 4.79 Å². The molecular formula is C16H23NO2. The molecule has 0 spiro atoms. The van der Waals surface area contributed by atoms with Gasteiger partial charge in [-0.1, -0.05) is 31.5 Å². The second-order valence-electron chi connectivity index (χ2n) is 5.60. The van der Waals surface area contributed by atoms with E-state index in [2.05, 4.69) is 30.9 Å². The van der Waals surface area contributed by atoms with Gasteiger partial charge < -0.3 is 10.0 Å². The number of hydrogen-bond acceptors (Lipinski definition) is 2. The van der Waals surface area contributed by atoms with E-state index >= 15 is 0 Å². The lowest BCUT2D eigenvalue weighted by Gasteiger charge is -2.34. The van der Waals surface area contributed by atoms with Crippen molar-refractivity contribution in [1.29, 1.82) is 0 Å². The molecule has 1 saturated carbocycles. The van der Waals surface area contributed by atoms with Crippen molar-refractivity contribution in [2.24, 2.45) is 5.92 Å². The quantitative estimate of drug-likeness (QED) is 0.882. The number of anilines is 1. The molecule has 0 heterocycles. The summed E-state index contributed by atoms with van der Waals surface area (Å²) in [5.74, 6) is -0.0716. The van der Waals surface area contributed by atoms with Gasteiger partial charge in [-0.15, -0.1) is 0 Å². The molecule has 1 aliphatic rings. The first-order valence-electron chi connectivity index (χ1n) is 7.13. The Morgan fingerprint density at radius 1 is 1.37 bits per heavy atom. The number of carboxylic acid groups (broad SMARTS) is 1. The Balaban J connectivity index is 2.23. The maximum Gasteiger partial charge on any atom is 0.305 e.